The number of halogens is 1. The lowest BCUT2D eigenvalue weighted by Crippen LogP contribution is -2.19. The third-order valence-electron chi connectivity index (χ3n) is 2.90. The summed E-state index contributed by atoms with van der Waals surface area (Å²) in [5, 5.41) is 12.0. The smallest absolute Gasteiger partial charge is 0.251 e. The fraction of sp³-hybridized carbons (Fsp3) is 0.429. The van der Waals surface area contributed by atoms with Crippen LogP contribution in [0.4, 0.5) is 0 Å². The summed E-state index contributed by atoms with van der Waals surface area (Å²) in [5.74, 6) is 1.61. The van der Waals surface area contributed by atoms with Crippen LogP contribution in [0.5, 0.6) is 5.75 Å². The highest BCUT2D eigenvalue weighted by molar-refractivity contribution is 6.30. The van der Waals surface area contributed by atoms with E-state index in [2.05, 4.69) is 22.4 Å². The summed E-state index contributed by atoms with van der Waals surface area (Å²) >= 11 is 6.00. The molecule has 1 aromatic heterocycles. The van der Waals surface area contributed by atoms with Crippen molar-refractivity contribution in [3.05, 3.63) is 29.1 Å². The van der Waals surface area contributed by atoms with Crippen molar-refractivity contribution in [3.8, 4) is 17.2 Å². The van der Waals surface area contributed by atoms with Crippen molar-refractivity contribution >= 4 is 11.6 Å². The largest absolute Gasteiger partial charge is 0.496 e. The molecule has 0 bridgehead atoms. The van der Waals surface area contributed by atoms with Gasteiger partial charge in [0.25, 0.3) is 5.89 Å². The summed E-state index contributed by atoms with van der Waals surface area (Å²) in [6.45, 7) is 5.00. The van der Waals surface area contributed by atoms with Crippen molar-refractivity contribution in [2.24, 2.45) is 0 Å². The number of nitrogens with zero attached hydrogens (tertiary/aromatic N) is 2. The number of ether oxygens (including phenoxy) is 1. The average molecular weight is 296 g/mol. The van der Waals surface area contributed by atoms with Gasteiger partial charge in [-0.3, -0.25) is 0 Å². The molecule has 2 rings (SSSR count). The Labute approximate surface area is 123 Å². The summed E-state index contributed by atoms with van der Waals surface area (Å²) in [7, 11) is 1.59. The molecule has 108 valence electrons. The van der Waals surface area contributed by atoms with Crippen LogP contribution in [0.2, 0.25) is 5.02 Å². The van der Waals surface area contributed by atoms with Crippen molar-refractivity contribution in [1.29, 1.82) is 0 Å². The Morgan fingerprint density at radius 2 is 2.20 bits per heavy atom. The second-order valence-electron chi connectivity index (χ2n) is 4.47. The van der Waals surface area contributed by atoms with E-state index < -0.39 is 0 Å². The molecule has 0 amide bonds. The van der Waals surface area contributed by atoms with Crippen LogP contribution in [0.1, 0.15) is 32.2 Å². The van der Waals surface area contributed by atoms with E-state index >= 15 is 0 Å². The van der Waals surface area contributed by atoms with Gasteiger partial charge in [0.15, 0.2) is 0 Å². The Balaban J connectivity index is 2.26. The zero-order valence-corrected chi connectivity index (χ0v) is 12.6. The van der Waals surface area contributed by atoms with Crippen molar-refractivity contribution in [2.45, 2.75) is 26.3 Å². The summed E-state index contributed by atoms with van der Waals surface area (Å²) < 4.78 is 11.0. The topological polar surface area (TPSA) is 60.2 Å². The second-order valence-corrected chi connectivity index (χ2v) is 4.90. The first-order chi connectivity index (χ1) is 9.65. The lowest BCUT2D eigenvalue weighted by atomic mass is 10.2. The van der Waals surface area contributed by atoms with Crippen molar-refractivity contribution < 1.29 is 9.15 Å². The fourth-order valence-electron chi connectivity index (χ4n) is 1.81. The van der Waals surface area contributed by atoms with Gasteiger partial charge in [-0.05, 0) is 38.1 Å². The summed E-state index contributed by atoms with van der Waals surface area (Å²) in [6, 6.07) is 5.30. The Bertz CT molecular complexity index is 571. The van der Waals surface area contributed by atoms with Crippen LogP contribution in [0.15, 0.2) is 22.6 Å². The molecule has 0 aliphatic rings. The van der Waals surface area contributed by atoms with Crippen molar-refractivity contribution in [3.63, 3.8) is 0 Å². The minimum atomic E-state index is 0.0152. The Kier molecular flexibility index (Phi) is 4.98. The highest BCUT2D eigenvalue weighted by Gasteiger charge is 2.17. The van der Waals surface area contributed by atoms with E-state index in [-0.39, 0.29) is 6.04 Å². The first-order valence-electron chi connectivity index (χ1n) is 6.56. The van der Waals surface area contributed by atoms with E-state index in [9.17, 15) is 0 Å². The molecular formula is C14H18ClN3O2. The zero-order valence-electron chi connectivity index (χ0n) is 11.8. The minimum Gasteiger partial charge on any atom is -0.496 e. The number of methoxy groups -OCH3 is 1. The van der Waals surface area contributed by atoms with Crippen molar-refractivity contribution in [1.82, 2.24) is 15.5 Å². The van der Waals surface area contributed by atoms with Crippen LogP contribution in [0.25, 0.3) is 11.5 Å². The third kappa shape index (κ3) is 3.29. The third-order valence-corrected chi connectivity index (χ3v) is 3.14. The number of nitrogens with one attached hydrogen (secondary N) is 1. The molecule has 0 radical (unpaired) electrons. The van der Waals surface area contributed by atoms with Crippen LogP contribution in [0, 0.1) is 0 Å². The fourth-order valence-corrected chi connectivity index (χ4v) is 1.99. The average Bonchev–Trinajstić information content (AvgIpc) is 2.94. The maximum absolute atomic E-state index is 6.00. The second kappa shape index (κ2) is 6.72. The summed E-state index contributed by atoms with van der Waals surface area (Å²) in [4.78, 5) is 0. The van der Waals surface area contributed by atoms with Gasteiger partial charge in [-0.1, -0.05) is 18.5 Å². The molecule has 1 heterocycles. The van der Waals surface area contributed by atoms with Crippen LogP contribution in [-0.4, -0.2) is 23.9 Å². The number of rotatable bonds is 6. The van der Waals surface area contributed by atoms with Gasteiger partial charge in [0.2, 0.25) is 5.89 Å². The van der Waals surface area contributed by atoms with Gasteiger partial charge in [-0.2, -0.15) is 0 Å². The van der Waals surface area contributed by atoms with Gasteiger partial charge in [0, 0.05) is 5.02 Å². The standard InChI is InChI=1S/C14H18ClN3O2/c1-4-7-16-9(2)13-17-18-14(20-13)11-8-10(15)5-6-12(11)19-3/h5-6,8-9,16H,4,7H2,1-3H3. The number of hydrogen-bond donors (Lipinski definition) is 1. The molecule has 1 unspecified atom stereocenters. The van der Waals surface area contributed by atoms with E-state index in [4.69, 9.17) is 20.8 Å². The van der Waals surface area contributed by atoms with E-state index in [0.717, 1.165) is 13.0 Å². The van der Waals surface area contributed by atoms with Gasteiger partial charge < -0.3 is 14.5 Å². The van der Waals surface area contributed by atoms with Crippen LogP contribution in [0.3, 0.4) is 0 Å². The molecule has 1 atom stereocenters. The molecule has 2 aromatic rings. The molecule has 0 aliphatic carbocycles. The minimum absolute atomic E-state index is 0.0152. The highest BCUT2D eigenvalue weighted by atomic mass is 35.5. The van der Waals surface area contributed by atoms with Crippen LogP contribution >= 0.6 is 11.6 Å². The number of benzene rings is 1. The summed E-state index contributed by atoms with van der Waals surface area (Å²) in [6.07, 6.45) is 1.05. The first kappa shape index (κ1) is 14.8. The Hall–Kier alpha value is -1.59. The number of aromatic nitrogens is 2. The van der Waals surface area contributed by atoms with Gasteiger partial charge in [0.1, 0.15) is 5.75 Å². The van der Waals surface area contributed by atoms with Gasteiger partial charge in [-0.25, -0.2) is 0 Å². The lowest BCUT2D eigenvalue weighted by Gasteiger charge is -2.08. The molecule has 1 N–H and O–H groups in total. The Morgan fingerprint density at radius 3 is 2.90 bits per heavy atom. The molecule has 1 aromatic carbocycles. The van der Waals surface area contributed by atoms with Gasteiger partial charge in [0.05, 0.1) is 18.7 Å². The molecule has 0 saturated heterocycles. The van der Waals surface area contributed by atoms with Crippen LogP contribution in [-0.2, 0) is 0 Å². The van der Waals surface area contributed by atoms with E-state index in [1.54, 1.807) is 25.3 Å². The highest BCUT2D eigenvalue weighted by Crippen LogP contribution is 2.32. The molecule has 0 spiro atoms. The molecular weight excluding hydrogens is 278 g/mol. The van der Waals surface area contributed by atoms with Crippen molar-refractivity contribution in [2.75, 3.05) is 13.7 Å². The monoisotopic (exact) mass is 295 g/mol. The van der Waals surface area contributed by atoms with E-state index in [1.165, 1.54) is 0 Å². The lowest BCUT2D eigenvalue weighted by molar-refractivity contribution is 0.407. The first-order valence-corrected chi connectivity index (χ1v) is 6.94. The molecule has 20 heavy (non-hydrogen) atoms. The Morgan fingerprint density at radius 1 is 1.40 bits per heavy atom. The van der Waals surface area contributed by atoms with E-state index in [0.29, 0.717) is 28.1 Å². The molecule has 0 fully saturated rings. The molecule has 0 saturated carbocycles. The van der Waals surface area contributed by atoms with E-state index in [1.807, 2.05) is 6.92 Å². The normalized spacial score (nSPS) is 12.4. The van der Waals surface area contributed by atoms with Gasteiger partial charge in [-0.15, -0.1) is 10.2 Å². The SMILES string of the molecule is CCCNC(C)c1nnc(-c2cc(Cl)ccc2OC)o1. The maximum Gasteiger partial charge on any atom is 0.251 e. The van der Waals surface area contributed by atoms with Gasteiger partial charge >= 0.3 is 0 Å². The quantitative estimate of drug-likeness (QED) is 0.884. The predicted molar refractivity (Wildman–Crippen MR) is 78.0 cm³/mol. The maximum atomic E-state index is 6.00. The summed E-state index contributed by atoms with van der Waals surface area (Å²) in [5.41, 5.74) is 0.696. The molecule has 0 aliphatic heterocycles. The predicted octanol–water partition coefficient (Wildman–Crippen LogP) is 3.46. The van der Waals surface area contributed by atoms with Crippen LogP contribution < -0.4 is 10.1 Å². The zero-order chi connectivity index (χ0) is 14.5. The molecule has 5 nitrogen and oxygen atoms in total. The molecule has 6 heteroatoms. The number of hydrogen-bond acceptors (Lipinski definition) is 5.